The zero-order valence-corrected chi connectivity index (χ0v) is 32.7. The lowest BCUT2D eigenvalue weighted by molar-refractivity contribution is -0.119. The van der Waals surface area contributed by atoms with E-state index in [-0.39, 0.29) is 5.91 Å². The minimum absolute atomic E-state index is 0.162. The van der Waals surface area contributed by atoms with E-state index in [9.17, 15) is 4.79 Å². The number of unbranched alkanes of at least 4 members (excludes halogenated alkanes) is 2. The molecule has 2 aromatic carbocycles. The number of amides is 1. The van der Waals surface area contributed by atoms with Crippen molar-refractivity contribution in [3.8, 4) is 5.88 Å². The van der Waals surface area contributed by atoms with Gasteiger partial charge in [-0.1, -0.05) is 116 Å². The van der Waals surface area contributed by atoms with Gasteiger partial charge in [0.05, 0.1) is 6.61 Å². The molecule has 0 bridgehead atoms. The summed E-state index contributed by atoms with van der Waals surface area (Å²) in [6, 6.07) is 19.4. The molecule has 0 N–H and O–H groups in total. The third-order valence-electron chi connectivity index (χ3n) is 10.0. The van der Waals surface area contributed by atoms with E-state index in [1.165, 1.54) is 16.5 Å². The van der Waals surface area contributed by atoms with Crippen molar-refractivity contribution in [2.75, 3.05) is 55.7 Å². The molecule has 3 heterocycles. The highest BCUT2D eigenvalue weighted by Gasteiger charge is 2.25. The summed E-state index contributed by atoms with van der Waals surface area (Å²) in [6.07, 6.45) is 37.9. The largest absolute Gasteiger partial charge is 0.478 e. The van der Waals surface area contributed by atoms with Crippen molar-refractivity contribution in [3.05, 3.63) is 133 Å². The highest BCUT2D eigenvalue weighted by molar-refractivity contribution is 5.95. The number of aromatic nitrogens is 1. The molecule has 1 saturated heterocycles. The van der Waals surface area contributed by atoms with Crippen molar-refractivity contribution >= 4 is 28.2 Å². The number of hydrogen-bond acceptors (Lipinski definition) is 5. The Bertz CT molecular complexity index is 1740. The number of carbonyl (C=O) groups excluding carboxylic acids is 1. The van der Waals surface area contributed by atoms with Crippen molar-refractivity contribution in [2.24, 2.45) is 0 Å². The number of ether oxygens (including phenoxy) is 1. The summed E-state index contributed by atoms with van der Waals surface area (Å²) in [5, 5.41) is 2.65. The van der Waals surface area contributed by atoms with E-state index in [1.54, 1.807) is 0 Å². The monoisotopic (exact) mass is 726 g/mol. The van der Waals surface area contributed by atoms with Crippen molar-refractivity contribution in [3.63, 3.8) is 0 Å². The Kier molecular flexibility index (Phi) is 17.9. The van der Waals surface area contributed by atoms with E-state index in [1.807, 2.05) is 11.0 Å². The first-order valence-electron chi connectivity index (χ1n) is 20.5. The van der Waals surface area contributed by atoms with E-state index < -0.39 is 0 Å². The maximum atomic E-state index is 12.9. The fourth-order valence-corrected chi connectivity index (χ4v) is 7.01. The molecule has 54 heavy (non-hydrogen) atoms. The van der Waals surface area contributed by atoms with Crippen molar-refractivity contribution in [1.29, 1.82) is 0 Å². The lowest BCUT2D eigenvalue weighted by Crippen LogP contribution is -2.46. The van der Waals surface area contributed by atoms with Crippen LogP contribution >= 0.6 is 0 Å². The second-order valence-corrected chi connectivity index (χ2v) is 14.1. The van der Waals surface area contributed by atoms with E-state index in [4.69, 9.17) is 9.72 Å². The fourth-order valence-electron chi connectivity index (χ4n) is 7.01. The molecule has 5 rings (SSSR count). The van der Waals surface area contributed by atoms with Crippen LogP contribution in [0.3, 0.4) is 0 Å². The molecule has 6 nitrogen and oxygen atoms in total. The van der Waals surface area contributed by atoms with E-state index >= 15 is 0 Å². The molecule has 0 aliphatic carbocycles. The van der Waals surface area contributed by atoms with Gasteiger partial charge in [-0.25, -0.2) is 0 Å². The molecule has 0 spiro atoms. The molecule has 0 unspecified atom stereocenters. The molecule has 2 aliphatic rings. The summed E-state index contributed by atoms with van der Waals surface area (Å²) >= 11 is 0. The lowest BCUT2D eigenvalue weighted by atomic mass is 10.0. The van der Waals surface area contributed by atoms with E-state index in [0.717, 1.165) is 115 Å². The van der Waals surface area contributed by atoms with Crippen molar-refractivity contribution in [1.82, 2.24) is 9.88 Å². The quantitative estimate of drug-likeness (QED) is 0.0762. The zero-order valence-electron chi connectivity index (χ0n) is 32.7. The van der Waals surface area contributed by atoms with Gasteiger partial charge < -0.3 is 9.64 Å². The number of allylic oxidation sites excluding steroid dienone is 12. The minimum Gasteiger partial charge on any atom is -0.478 e. The van der Waals surface area contributed by atoms with Crippen LogP contribution in [0.2, 0.25) is 0 Å². The predicted octanol–water partition coefficient (Wildman–Crippen LogP) is 11.0. The molecular formula is C48H62N4O2. The number of carbonyl (C=O) groups is 1. The third kappa shape index (κ3) is 13.6. The Labute approximate surface area is 325 Å². The van der Waals surface area contributed by atoms with Crippen LogP contribution in [-0.4, -0.2) is 61.7 Å². The second-order valence-electron chi connectivity index (χ2n) is 14.1. The Morgan fingerprint density at radius 2 is 1.30 bits per heavy atom. The number of aryl methyl sites for hydroxylation is 1. The van der Waals surface area contributed by atoms with Gasteiger partial charge in [0.25, 0.3) is 0 Å². The smallest absolute Gasteiger partial charge is 0.228 e. The van der Waals surface area contributed by atoms with Crippen LogP contribution in [0.5, 0.6) is 5.88 Å². The summed E-state index contributed by atoms with van der Waals surface area (Å²) in [7, 11) is 0. The molecule has 1 amide bonds. The first-order chi connectivity index (χ1) is 26.7. The summed E-state index contributed by atoms with van der Waals surface area (Å²) in [5.74, 6) is 1.57. The van der Waals surface area contributed by atoms with Crippen molar-refractivity contribution in [2.45, 2.75) is 84.0 Å². The number of piperazine rings is 1. The summed E-state index contributed by atoms with van der Waals surface area (Å²) < 4.78 is 6.10. The molecule has 2 aliphatic heterocycles. The average Bonchev–Trinajstić information content (AvgIpc) is 3.20. The van der Waals surface area contributed by atoms with Gasteiger partial charge in [0.2, 0.25) is 11.8 Å². The number of benzene rings is 2. The molecule has 1 fully saturated rings. The average molecular weight is 727 g/mol. The van der Waals surface area contributed by atoms with E-state index in [2.05, 4.69) is 138 Å². The molecule has 1 aromatic heterocycles. The van der Waals surface area contributed by atoms with Crippen LogP contribution in [0.25, 0.3) is 10.8 Å². The van der Waals surface area contributed by atoms with E-state index in [0.29, 0.717) is 25.5 Å². The number of pyridine rings is 1. The van der Waals surface area contributed by atoms with Crippen LogP contribution in [-0.2, 0) is 11.2 Å². The second kappa shape index (κ2) is 23.9. The standard InChI is InChI=1S/C48H62N4O2/c1-2-3-4-5-6-7-8-9-10-11-12-13-14-15-16-17-18-19-20-23-36-52-47(53)34-32-43-31-33-46(49-48(43)52)54-41-25-24-35-50-37-39-51(40-38-50)45-30-26-28-42-27-21-22-29-44(42)45/h3-4,6-7,9-10,12-13,15-16,18-19,21-22,26-31,33H,2,5,8,11,14,17,20,23-25,32,34-41H2,1H3. The molecule has 0 radical (unpaired) electrons. The SMILES string of the molecule is CCC=CCC=CCC=CCC=CCC=CCC=CCCCN1C(=O)CCc2ccc(OCCCCN3CCN(c4cccc5ccccc45)CC3)nc21. The first-order valence-corrected chi connectivity index (χ1v) is 20.5. The van der Waals surface area contributed by atoms with Gasteiger partial charge in [0, 0.05) is 56.3 Å². The van der Waals surface area contributed by atoms with Crippen molar-refractivity contribution < 1.29 is 9.53 Å². The van der Waals surface area contributed by atoms with Crippen LogP contribution < -0.4 is 14.5 Å². The minimum atomic E-state index is 0.162. The van der Waals surface area contributed by atoms with Gasteiger partial charge in [0.15, 0.2) is 0 Å². The summed E-state index contributed by atoms with van der Waals surface area (Å²) in [6.45, 7) is 8.85. The highest BCUT2D eigenvalue weighted by atomic mass is 16.5. The van der Waals surface area contributed by atoms with Crippen LogP contribution in [0, 0.1) is 0 Å². The number of nitrogens with zero attached hydrogens (tertiary/aromatic N) is 4. The Morgan fingerprint density at radius 1 is 0.648 bits per heavy atom. The van der Waals surface area contributed by atoms with Gasteiger partial charge in [0.1, 0.15) is 5.82 Å². The molecular weight excluding hydrogens is 665 g/mol. The predicted molar refractivity (Wildman–Crippen MR) is 230 cm³/mol. The Morgan fingerprint density at radius 3 is 2.00 bits per heavy atom. The maximum absolute atomic E-state index is 12.9. The number of hydrogen-bond donors (Lipinski definition) is 0. The lowest BCUT2D eigenvalue weighted by Gasteiger charge is -2.36. The number of anilines is 2. The molecule has 286 valence electrons. The summed E-state index contributed by atoms with van der Waals surface area (Å²) in [5.41, 5.74) is 2.49. The Hall–Kier alpha value is -4.68. The Balaban J connectivity index is 0.928. The normalized spacial score (nSPS) is 15.8. The molecule has 3 aromatic rings. The van der Waals surface area contributed by atoms with Crippen LogP contribution in [0.1, 0.15) is 83.1 Å². The molecule has 0 saturated carbocycles. The third-order valence-corrected chi connectivity index (χ3v) is 10.0. The van der Waals surface area contributed by atoms with Crippen LogP contribution in [0.4, 0.5) is 11.5 Å². The highest BCUT2D eigenvalue weighted by Crippen LogP contribution is 2.29. The van der Waals surface area contributed by atoms with Gasteiger partial charge in [-0.15, -0.1) is 0 Å². The first kappa shape index (κ1) is 40.5. The van der Waals surface area contributed by atoms with Gasteiger partial charge >= 0.3 is 0 Å². The molecule has 6 heteroatoms. The van der Waals surface area contributed by atoms with Gasteiger partial charge in [-0.3, -0.25) is 14.6 Å². The topological polar surface area (TPSA) is 48.9 Å². The molecule has 0 atom stereocenters. The van der Waals surface area contributed by atoms with Gasteiger partial charge in [-0.05, 0) is 100 Å². The maximum Gasteiger partial charge on any atom is 0.228 e. The fraction of sp³-hybridized carbons (Fsp3) is 0.417. The number of rotatable bonds is 22. The summed E-state index contributed by atoms with van der Waals surface area (Å²) in [4.78, 5) is 24.7. The zero-order chi connectivity index (χ0) is 37.5. The van der Waals surface area contributed by atoms with Gasteiger partial charge in [-0.2, -0.15) is 4.98 Å². The van der Waals surface area contributed by atoms with Crippen LogP contribution in [0.15, 0.2) is 128 Å². The number of fused-ring (bicyclic) bond motifs is 2.